The minimum absolute atomic E-state index is 0.213. The zero-order valence-electron chi connectivity index (χ0n) is 22.5. The van der Waals surface area contributed by atoms with E-state index in [9.17, 15) is 0 Å². The Kier molecular flexibility index (Phi) is 5.19. The van der Waals surface area contributed by atoms with Crippen LogP contribution in [0.15, 0.2) is 143 Å². The highest BCUT2D eigenvalue weighted by Gasteiger charge is 2.23. The summed E-state index contributed by atoms with van der Waals surface area (Å²) in [4.78, 5) is 6.47. The van der Waals surface area contributed by atoms with Crippen molar-refractivity contribution in [2.75, 3.05) is 5.32 Å². The van der Waals surface area contributed by atoms with Crippen LogP contribution < -0.4 is 5.32 Å². The summed E-state index contributed by atoms with van der Waals surface area (Å²) in [6.07, 6.45) is 0. The number of thioether (sulfide) groups is 1. The normalized spacial score (nSPS) is 14.5. The maximum atomic E-state index is 6.48. The van der Waals surface area contributed by atoms with E-state index >= 15 is 0 Å². The molecule has 8 aromatic rings. The second-order valence-electron chi connectivity index (χ2n) is 10.8. The number of nitrogens with one attached hydrogen (secondary N) is 1. The lowest BCUT2D eigenvalue weighted by atomic mass is 9.96. The summed E-state index contributed by atoms with van der Waals surface area (Å²) in [6.45, 7) is 0. The van der Waals surface area contributed by atoms with Gasteiger partial charge >= 0.3 is 0 Å². The van der Waals surface area contributed by atoms with E-state index in [1.165, 1.54) is 27.3 Å². The number of hydrogen-bond donors (Lipinski definition) is 1. The number of aromatic nitrogens is 1. The molecular formula is C38H24N2OS. The van der Waals surface area contributed by atoms with Crippen molar-refractivity contribution in [2.24, 2.45) is 0 Å². The lowest BCUT2D eigenvalue weighted by molar-refractivity contribution is 0.673. The molecule has 0 saturated heterocycles. The molecule has 2 aromatic heterocycles. The molecule has 1 aliphatic heterocycles. The van der Waals surface area contributed by atoms with Crippen molar-refractivity contribution in [2.45, 2.75) is 10.3 Å². The van der Waals surface area contributed by atoms with Gasteiger partial charge < -0.3 is 9.73 Å². The molecular weight excluding hydrogens is 532 g/mol. The summed E-state index contributed by atoms with van der Waals surface area (Å²) < 4.78 is 6.48. The van der Waals surface area contributed by atoms with Gasteiger partial charge in [-0.2, -0.15) is 0 Å². The van der Waals surface area contributed by atoms with Gasteiger partial charge in [-0.1, -0.05) is 109 Å². The molecule has 1 N–H and O–H groups in total. The van der Waals surface area contributed by atoms with E-state index in [4.69, 9.17) is 9.40 Å². The molecule has 42 heavy (non-hydrogen) atoms. The minimum Gasteiger partial charge on any atom is -0.455 e. The van der Waals surface area contributed by atoms with E-state index in [0.717, 1.165) is 54.9 Å². The molecule has 0 radical (unpaired) electrons. The van der Waals surface area contributed by atoms with Crippen molar-refractivity contribution in [3.05, 3.63) is 139 Å². The first kappa shape index (κ1) is 23.6. The van der Waals surface area contributed by atoms with E-state index in [-0.39, 0.29) is 5.37 Å². The van der Waals surface area contributed by atoms with Crippen LogP contribution in [0, 0.1) is 0 Å². The fraction of sp³-hybridized carbons (Fsp3) is 0.0263. The maximum absolute atomic E-state index is 6.48. The van der Waals surface area contributed by atoms with Crippen LogP contribution in [0.1, 0.15) is 10.9 Å². The fourth-order valence-electron chi connectivity index (χ4n) is 6.28. The molecule has 1 aliphatic rings. The Bertz CT molecular complexity index is 2290. The first-order chi connectivity index (χ1) is 20.8. The third kappa shape index (κ3) is 3.65. The number of pyridine rings is 1. The number of fused-ring (bicyclic) bond motifs is 8. The number of benzene rings is 6. The van der Waals surface area contributed by atoms with Crippen LogP contribution in [0.4, 0.5) is 5.69 Å². The second-order valence-corrected chi connectivity index (χ2v) is 11.9. The van der Waals surface area contributed by atoms with Crippen molar-refractivity contribution >= 4 is 61.1 Å². The van der Waals surface area contributed by atoms with Crippen molar-refractivity contribution in [1.29, 1.82) is 0 Å². The number of anilines is 1. The standard InChI is InChI=1S/C38H24N2OS/c1-3-12-31-29(11-1)35-30(21-20-28-27-10-2-5-14-33(27)41-37(28)35)36(39-31)24-18-16-23(17-19-24)25-8-7-9-26(22-25)38-40-32-13-4-6-15-34(32)42-38/h1-22,38,40H. The van der Waals surface area contributed by atoms with Crippen LogP contribution in [0.25, 0.3) is 66.0 Å². The smallest absolute Gasteiger partial charge is 0.144 e. The van der Waals surface area contributed by atoms with Gasteiger partial charge in [0.15, 0.2) is 0 Å². The van der Waals surface area contributed by atoms with Gasteiger partial charge in [-0.3, -0.25) is 0 Å². The maximum Gasteiger partial charge on any atom is 0.144 e. The molecule has 3 nitrogen and oxygen atoms in total. The predicted molar refractivity (Wildman–Crippen MR) is 176 cm³/mol. The van der Waals surface area contributed by atoms with Gasteiger partial charge in [0, 0.05) is 43.1 Å². The minimum atomic E-state index is 0.213. The van der Waals surface area contributed by atoms with Gasteiger partial charge in [-0.15, -0.1) is 0 Å². The molecule has 1 atom stereocenters. The zero-order chi connectivity index (χ0) is 27.6. The van der Waals surface area contributed by atoms with Crippen molar-refractivity contribution in [1.82, 2.24) is 4.98 Å². The third-order valence-electron chi connectivity index (χ3n) is 8.31. The van der Waals surface area contributed by atoms with Gasteiger partial charge in [0.1, 0.15) is 16.5 Å². The van der Waals surface area contributed by atoms with Gasteiger partial charge in [0.05, 0.1) is 11.2 Å². The van der Waals surface area contributed by atoms with E-state index < -0.39 is 0 Å². The highest BCUT2D eigenvalue weighted by Crippen LogP contribution is 2.47. The fourth-order valence-corrected chi connectivity index (χ4v) is 7.41. The summed E-state index contributed by atoms with van der Waals surface area (Å²) in [6, 6.07) is 47.2. The van der Waals surface area contributed by atoms with Gasteiger partial charge in [-0.25, -0.2) is 4.98 Å². The summed E-state index contributed by atoms with van der Waals surface area (Å²) in [5.41, 5.74) is 9.72. The molecule has 0 bridgehead atoms. The Morgan fingerprint density at radius 2 is 1.36 bits per heavy atom. The van der Waals surface area contributed by atoms with Crippen molar-refractivity contribution < 1.29 is 4.42 Å². The Labute approximate surface area is 246 Å². The molecule has 1 unspecified atom stereocenters. The monoisotopic (exact) mass is 556 g/mol. The Morgan fingerprint density at radius 3 is 2.26 bits per heavy atom. The first-order valence-electron chi connectivity index (χ1n) is 14.2. The molecule has 6 aromatic carbocycles. The first-order valence-corrected chi connectivity index (χ1v) is 15.0. The second kappa shape index (κ2) is 9.23. The number of rotatable bonds is 3. The zero-order valence-corrected chi connectivity index (χ0v) is 23.4. The average Bonchev–Trinajstić information content (AvgIpc) is 3.66. The highest BCUT2D eigenvalue weighted by atomic mass is 32.2. The predicted octanol–water partition coefficient (Wildman–Crippen LogP) is 10.8. The largest absolute Gasteiger partial charge is 0.455 e. The average molecular weight is 557 g/mol. The summed E-state index contributed by atoms with van der Waals surface area (Å²) in [5, 5.41) is 9.46. The molecule has 0 fully saturated rings. The lowest BCUT2D eigenvalue weighted by Gasteiger charge is -2.13. The molecule has 9 rings (SSSR count). The van der Waals surface area contributed by atoms with Crippen LogP contribution >= 0.6 is 11.8 Å². The van der Waals surface area contributed by atoms with Gasteiger partial charge in [0.25, 0.3) is 0 Å². The van der Waals surface area contributed by atoms with Crippen LogP contribution in [0.3, 0.4) is 0 Å². The van der Waals surface area contributed by atoms with Crippen molar-refractivity contribution in [3.63, 3.8) is 0 Å². The van der Waals surface area contributed by atoms with Crippen LogP contribution in [-0.2, 0) is 0 Å². The third-order valence-corrected chi connectivity index (χ3v) is 9.54. The molecule has 198 valence electrons. The van der Waals surface area contributed by atoms with Gasteiger partial charge in [0.2, 0.25) is 0 Å². The highest BCUT2D eigenvalue weighted by molar-refractivity contribution is 8.00. The Hall–Kier alpha value is -5.06. The number of furan rings is 1. The van der Waals surface area contributed by atoms with Crippen LogP contribution in [0.5, 0.6) is 0 Å². The summed E-state index contributed by atoms with van der Waals surface area (Å²) in [7, 11) is 0. The van der Waals surface area contributed by atoms with E-state index in [1.54, 1.807) is 0 Å². The Morgan fingerprint density at radius 1 is 0.595 bits per heavy atom. The van der Waals surface area contributed by atoms with Crippen LogP contribution in [-0.4, -0.2) is 4.98 Å². The van der Waals surface area contributed by atoms with Gasteiger partial charge in [-0.05, 0) is 53.1 Å². The Balaban J connectivity index is 1.14. The topological polar surface area (TPSA) is 38.1 Å². The van der Waals surface area contributed by atoms with E-state index in [2.05, 4.69) is 127 Å². The lowest BCUT2D eigenvalue weighted by Crippen LogP contribution is -2.01. The molecule has 0 amide bonds. The quantitative estimate of drug-likeness (QED) is 0.220. The molecule has 0 spiro atoms. The summed E-state index contributed by atoms with van der Waals surface area (Å²) >= 11 is 1.87. The molecule has 3 heterocycles. The SMILES string of the molecule is c1cc(-c2ccc(-c3nc4ccccc4c4c3ccc3c5ccccc5oc34)cc2)cc(C2Nc3ccccc3S2)c1. The molecule has 4 heteroatoms. The molecule has 0 aliphatic carbocycles. The van der Waals surface area contributed by atoms with Crippen LogP contribution in [0.2, 0.25) is 0 Å². The van der Waals surface area contributed by atoms with E-state index in [0.29, 0.717) is 0 Å². The number of para-hydroxylation sites is 3. The summed E-state index contributed by atoms with van der Waals surface area (Å²) in [5.74, 6) is 0. The van der Waals surface area contributed by atoms with E-state index in [1.807, 2.05) is 23.9 Å². The number of hydrogen-bond acceptors (Lipinski definition) is 4. The number of nitrogens with zero attached hydrogens (tertiary/aromatic N) is 1. The van der Waals surface area contributed by atoms with Crippen molar-refractivity contribution in [3.8, 4) is 22.4 Å². The molecule has 0 saturated carbocycles.